The fourth-order valence-corrected chi connectivity index (χ4v) is 6.72. The summed E-state index contributed by atoms with van der Waals surface area (Å²) in [6, 6.07) is 16.0. The number of nitrogens with one attached hydrogen (secondary N) is 2. The van der Waals surface area contributed by atoms with E-state index in [-0.39, 0.29) is 24.3 Å². The van der Waals surface area contributed by atoms with Gasteiger partial charge in [0.25, 0.3) is 0 Å². The van der Waals surface area contributed by atoms with Gasteiger partial charge in [0.2, 0.25) is 0 Å². The number of halogens is 1. The van der Waals surface area contributed by atoms with Gasteiger partial charge in [0.15, 0.2) is 0 Å². The lowest BCUT2D eigenvalue weighted by Gasteiger charge is -2.30. The summed E-state index contributed by atoms with van der Waals surface area (Å²) >= 11 is 6.86. The standard InChI is InChI=1S/C39H47ClN6O4/c1-9-16-45(36(47)49-38(3,4)5)23(2)34-42-30-20-28(29(40)21-31(30)43-34)26-14-12-25-19-27(15-13-24(25)18-26)32-22-41-35(44-32)33-11-10-17-46(33)37(48)50-39(6,7)8/h12-15,18-23,33H,9-11,16-17H2,1-8H3,(H,41,44)(H,42,43)/t23?,33-/m0/s1. The van der Waals surface area contributed by atoms with Gasteiger partial charge in [-0.15, -0.1) is 0 Å². The number of ether oxygens (including phenoxy) is 2. The Bertz CT molecular complexity index is 2040. The molecule has 2 amide bonds. The molecule has 0 saturated carbocycles. The van der Waals surface area contributed by atoms with Crippen molar-refractivity contribution in [1.82, 2.24) is 29.7 Å². The lowest BCUT2D eigenvalue weighted by atomic mass is 9.99. The van der Waals surface area contributed by atoms with Gasteiger partial charge in [-0.1, -0.05) is 42.8 Å². The summed E-state index contributed by atoms with van der Waals surface area (Å²) in [6.45, 7) is 16.4. The molecule has 1 fully saturated rings. The second-order valence-corrected chi connectivity index (χ2v) is 15.5. The van der Waals surface area contributed by atoms with Crippen LogP contribution in [0.2, 0.25) is 5.02 Å². The topological polar surface area (TPSA) is 116 Å². The average Bonchev–Trinajstić information content (AvgIpc) is 3.80. The fourth-order valence-electron chi connectivity index (χ4n) is 6.44. The maximum absolute atomic E-state index is 13.0. The first kappa shape index (κ1) is 35.3. The molecule has 5 aromatic rings. The monoisotopic (exact) mass is 698 g/mol. The molecule has 264 valence electrons. The largest absolute Gasteiger partial charge is 0.444 e. The Labute approximate surface area is 298 Å². The van der Waals surface area contributed by atoms with E-state index in [9.17, 15) is 9.59 Å². The van der Waals surface area contributed by atoms with Crippen LogP contribution in [0.5, 0.6) is 0 Å². The Balaban J connectivity index is 1.23. The number of hydrogen-bond donors (Lipinski definition) is 2. The quantitative estimate of drug-likeness (QED) is 0.175. The number of carbonyl (C=O) groups is 2. The average molecular weight is 699 g/mol. The van der Waals surface area contributed by atoms with Crippen LogP contribution >= 0.6 is 11.6 Å². The van der Waals surface area contributed by atoms with Crippen molar-refractivity contribution >= 4 is 45.6 Å². The summed E-state index contributed by atoms with van der Waals surface area (Å²) in [5.41, 5.74) is 4.17. The van der Waals surface area contributed by atoms with Crippen molar-refractivity contribution in [3.63, 3.8) is 0 Å². The Morgan fingerprint density at radius 3 is 2.34 bits per heavy atom. The van der Waals surface area contributed by atoms with Gasteiger partial charge in [0.05, 0.1) is 40.0 Å². The number of benzene rings is 3. The van der Waals surface area contributed by atoms with E-state index in [1.165, 1.54) is 0 Å². The molecule has 2 atom stereocenters. The van der Waals surface area contributed by atoms with Crippen LogP contribution in [-0.2, 0) is 9.47 Å². The van der Waals surface area contributed by atoms with E-state index in [2.05, 4.69) is 51.4 Å². The van der Waals surface area contributed by atoms with Crippen LogP contribution in [0.15, 0.2) is 54.7 Å². The summed E-state index contributed by atoms with van der Waals surface area (Å²) in [7, 11) is 0. The molecule has 50 heavy (non-hydrogen) atoms. The summed E-state index contributed by atoms with van der Waals surface area (Å²) in [4.78, 5) is 45.8. The summed E-state index contributed by atoms with van der Waals surface area (Å²) in [6.07, 6.45) is 3.69. The second kappa shape index (κ2) is 13.6. The summed E-state index contributed by atoms with van der Waals surface area (Å²) in [5, 5.41) is 2.74. The van der Waals surface area contributed by atoms with Gasteiger partial charge in [0, 0.05) is 24.2 Å². The van der Waals surface area contributed by atoms with Crippen LogP contribution in [0, 0.1) is 0 Å². The van der Waals surface area contributed by atoms with Gasteiger partial charge in [-0.25, -0.2) is 19.6 Å². The van der Waals surface area contributed by atoms with E-state index in [4.69, 9.17) is 26.1 Å². The second-order valence-electron chi connectivity index (χ2n) is 15.1. The van der Waals surface area contributed by atoms with E-state index < -0.39 is 11.2 Å². The van der Waals surface area contributed by atoms with Gasteiger partial charge in [-0.3, -0.25) is 9.80 Å². The molecule has 0 spiro atoms. The van der Waals surface area contributed by atoms with Crippen molar-refractivity contribution in [1.29, 1.82) is 0 Å². The molecule has 11 heteroatoms. The minimum atomic E-state index is -0.592. The third kappa shape index (κ3) is 7.60. The SMILES string of the molecule is CCCN(C(=O)OC(C)(C)C)C(C)c1nc2cc(-c3ccc4cc(-c5cnc([C@@H]6CCCN6C(=O)OC(C)(C)C)[nH]5)ccc4c3)c(Cl)cc2[nH]1. The van der Waals surface area contributed by atoms with E-state index in [1.54, 1.807) is 9.80 Å². The first-order valence-corrected chi connectivity index (χ1v) is 17.8. The summed E-state index contributed by atoms with van der Waals surface area (Å²) < 4.78 is 11.3. The smallest absolute Gasteiger partial charge is 0.410 e. The number of likely N-dealkylation sites (tertiary alicyclic amines) is 1. The number of H-pyrrole nitrogens is 2. The van der Waals surface area contributed by atoms with Crippen LogP contribution in [0.3, 0.4) is 0 Å². The molecule has 0 radical (unpaired) electrons. The van der Waals surface area contributed by atoms with Gasteiger partial charge in [0.1, 0.15) is 22.9 Å². The highest BCUT2D eigenvalue weighted by atomic mass is 35.5. The third-order valence-electron chi connectivity index (χ3n) is 8.80. The van der Waals surface area contributed by atoms with Crippen LogP contribution in [-0.4, -0.2) is 66.2 Å². The molecule has 2 N–H and O–H groups in total. The van der Waals surface area contributed by atoms with Crippen LogP contribution in [0.25, 0.3) is 44.2 Å². The molecular formula is C39H47ClN6O4. The maximum Gasteiger partial charge on any atom is 0.410 e. The highest BCUT2D eigenvalue weighted by Gasteiger charge is 2.35. The molecule has 3 aromatic carbocycles. The van der Waals surface area contributed by atoms with E-state index in [0.29, 0.717) is 23.9 Å². The Kier molecular flexibility index (Phi) is 9.61. The number of nitrogens with zero attached hydrogens (tertiary/aromatic N) is 4. The minimum Gasteiger partial charge on any atom is -0.444 e. The molecule has 1 aliphatic rings. The molecule has 1 saturated heterocycles. The molecule has 1 unspecified atom stereocenters. The number of aromatic amines is 2. The lowest BCUT2D eigenvalue weighted by Crippen LogP contribution is -2.39. The fraction of sp³-hybridized carbons (Fsp3) is 0.436. The molecule has 1 aliphatic heterocycles. The number of amides is 2. The number of rotatable bonds is 7. The third-order valence-corrected chi connectivity index (χ3v) is 9.11. The number of fused-ring (bicyclic) bond motifs is 2. The van der Waals surface area contributed by atoms with Crippen molar-refractivity contribution in [2.45, 2.75) is 97.9 Å². The summed E-state index contributed by atoms with van der Waals surface area (Å²) in [5.74, 6) is 1.44. The number of hydrogen-bond acceptors (Lipinski definition) is 6. The molecule has 2 aromatic heterocycles. The maximum atomic E-state index is 13.0. The Hall–Kier alpha value is -4.57. The number of imidazole rings is 2. The molecule has 10 nitrogen and oxygen atoms in total. The normalized spacial score (nSPS) is 15.9. The zero-order valence-electron chi connectivity index (χ0n) is 30.2. The van der Waals surface area contributed by atoms with Crippen molar-refractivity contribution < 1.29 is 19.1 Å². The zero-order chi connectivity index (χ0) is 36.0. The number of aromatic nitrogens is 4. The van der Waals surface area contributed by atoms with Crippen LogP contribution < -0.4 is 0 Å². The molecule has 0 bridgehead atoms. The van der Waals surface area contributed by atoms with E-state index in [0.717, 1.165) is 69.3 Å². The van der Waals surface area contributed by atoms with Crippen LogP contribution in [0.1, 0.15) is 98.4 Å². The Morgan fingerprint density at radius 2 is 1.66 bits per heavy atom. The van der Waals surface area contributed by atoms with E-state index >= 15 is 0 Å². The predicted octanol–water partition coefficient (Wildman–Crippen LogP) is 10.2. The lowest BCUT2D eigenvalue weighted by molar-refractivity contribution is 0.0165. The van der Waals surface area contributed by atoms with Crippen LogP contribution in [0.4, 0.5) is 9.59 Å². The van der Waals surface area contributed by atoms with Crippen molar-refractivity contribution in [3.8, 4) is 22.4 Å². The zero-order valence-corrected chi connectivity index (χ0v) is 30.9. The Morgan fingerprint density at radius 1 is 0.980 bits per heavy atom. The van der Waals surface area contributed by atoms with Gasteiger partial charge >= 0.3 is 12.2 Å². The highest BCUT2D eigenvalue weighted by Crippen LogP contribution is 2.36. The van der Waals surface area contributed by atoms with Gasteiger partial charge in [-0.2, -0.15) is 0 Å². The van der Waals surface area contributed by atoms with E-state index in [1.807, 2.05) is 73.7 Å². The van der Waals surface area contributed by atoms with Crippen molar-refractivity contribution in [2.24, 2.45) is 0 Å². The first-order chi connectivity index (χ1) is 23.6. The molecule has 6 rings (SSSR count). The van der Waals surface area contributed by atoms with Gasteiger partial charge < -0.3 is 19.4 Å². The minimum absolute atomic E-state index is 0.141. The molecule has 0 aliphatic carbocycles. The first-order valence-electron chi connectivity index (χ1n) is 17.4. The van der Waals surface area contributed by atoms with Crippen molar-refractivity contribution in [2.75, 3.05) is 13.1 Å². The molecular weight excluding hydrogens is 652 g/mol. The highest BCUT2D eigenvalue weighted by molar-refractivity contribution is 6.34. The van der Waals surface area contributed by atoms with Crippen molar-refractivity contribution in [3.05, 3.63) is 71.4 Å². The molecule has 3 heterocycles. The van der Waals surface area contributed by atoms with Gasteiger partial charge in [-0.05, 0) is 108 Å². The number of carbonyl (C=O) groups excluding carboxylic acids is 2. The predicted molar refractivity (Wildman–Crippen MR) is 198 cm³/mol.